The Morgan fingerprint density at radius 1 is 1.00 bits per heavy atom. The third-order valence-corrected chi connectivity index (χ3v) is 17.3. The normalized spacial score (nSPS) is 26.6. The predicted molar refractivity (Wildman–Crippen MR) is 132 cm³/mol. The quantitative estimate of drug-likeness (QED) is 0.558. The van der Waals surface area contributed by atoms with Crippen LogP contribution in [-0.2, 0) is 17.7 Å². The summed E-state index contributed by atoms with van der Waals surface area (Å²) in [4.78, 5) is 38.4. The fourth-order valence-electron chi connectivity index (χ4n) is 5.18. The molecule has 10 nitrogen and oxygen atoms in total. The molecule has 0 aromatic carbocycles. The largest absolute Gasteiger partial charge is 0.414 e. The molecule has 0 aliphatic carbocycles. The number of ether oxygens (including phenoxy) is 1. The van der Waals surface area contributed by atoms with Crippen molar-refractivity contribution in [3.63, 3.8) is 0 Å². The van der Waals surface area contributed by atoms with Gasteiger partial charge in [-0.3, -0.25) is 19.1 Å². The van der Waals surface area contributed by atoms with Crippen LogP contribution >= 0.6 is 0 Å². The number of nitrogens with two attached hydrogens (primary N) is 1. The Morgan fingerprint density at radius 2 is 1.56 bits per heavy atom. The second kappa shape index (κ2) is 9.82. The molecule has 1 amide bonds. The first-order valence-electron chi connectivity index (χ1n) is 12.1. The lowest BCUT2D eigenvalue weighted by molar-refractivity contribution is -0.0566. The zero-order chi connectivity index (χ0) is 25.6. The first kappa shape index (κ1) is 27.0. The highest BCUT2D eigenvalue weighted by atomic mass is 28.5. The van der Waals surface area contributed by atoms with E-state index in [1.807, 2.05) is 0 Å². The van der Waals surface area contributed by atoms with Crippen LogP contribution < -0.4 is 17.0 Å². The van der Waals surface area contributed by atoms with Gasteiger partial charge in [-0.2, -0.15) is 0 Å². The Labute approximate surface area is 202 Å². The van der Waals surface area contributed by atoms with Crippen LogP contribution in [0.15, 0.2) is 15.8 Å². The van der Waals surface area contributed by atoms with Crippen molar-refractivity contribution in [1.82, 2.24) is 9.55 Å². The maximum absolute atomic E-state index is 12.6. The molecule has 1 aromatic rings. The van der Waals surface area contributed by atoms with Gasteiger partial charge in [0, 0.05) is 12.6 Å². The molecular formula is C22H39N3O7Si2. The van der Waals surface area contributed by atoms with E-state index >= 15 is 0 Å². The van der Waals surface area contributed by atoms with Gasteiger partial charge in [0.15, 0.2) is 0 Å². The number of hydrogen-bond donors (Lipinski definition) is 2. The van der Waals surface area contributed by atoms with Gasteiger partial charge >= 0.3 is 22.8 Å². The molecule has 192 valence electrons. The number of primary amides is 1. The summed E-state index contributed by atoms with van der Waals surface area (Å²) in [6.45, 7) is 17.4. The maximum Gasteiger partial charge on any atom is 0.335 e. The van der Waals surface area contributed by atoms with E-state index in [9.17, 15) is 14.4 Å². The van der Waals surface area contributed by atoms with Gasteiger partial charge in [0.2, 0.25) is 0 Å². The minimum absolute atomic E-state index is 0.163. The van der Waals surface area contributed by atoms with Gasteiger partial charge in [-0.15, -0.1) is 0 Å². The molecule has 2 aliphatic rings. The zero-order valence-electron chi connectivity index (χ0n) is 21.4. The van der Waals surface area contributed by atoms with Crippen LogP contribution in [-0.4, -0.2) is 51.4 Å². The standard InChI is InChI=1S/C22H39N3O7Si2/c1-12(2)33(13(3)4)29-11-18-17(31-34(32-33,14(5)6)15(7)8)9-19(30-18)25-10-16(20(23)26)21(27)24-22(25)28/h10,12-15,17-19H,9,11H2,1-8H3,(H2,23,26)(H,24,27,28). The van der Waals surface area contributed by atoms with Gasteiger partial charge in [0.1, 0.15) is 17.9 Å². The summed E-state index contributed by atoms with van der Waals surface area (Å²) < 4.78 is 28.3. The third-order valence-electron chi connectivity index (χ3n) is 7.07. The number of carbonyl (C=O) groups is 1. The highest BCUT2D eigenvalue weighted by Gasteiger charge is 2.60. The van der Waals surface area contributed by atoms with Crippen molar-refractivity contribution in [1.29, 1.82) is 0 Å². The van der Waals surface area contributed by atoms with Crippen molar-refractivity contribution in [2.24, 2.45) is 5.73 Å². The summed E-state index contributed by atoms with van der Waals surface area (Å²) in [6.07, 6.45) is 0.0104. The lowest BCUT2D eigenvalue weighted by Gasteiger charge is -2.51. The molecule has 3 rings (SSSR count). The molecule has 2 fully saturated rings. The molecule has 3 heterocycles. The number of nitrogens with zero attached hydrogens (tertiary/aromatic N) is 1. The number of H-pyrrole nitrogens is 1. The molecule has 2 saturated heterocycles. The van der Waals surface area contributed by atoms with Gasteiger partial charge in [0.05, 0.1) is 12.7 Å². The maximum atomic E-state index is 12.6. The minimum atomic E-state index is -2.81. The second-order valence-corrected chi connectivity index (χ2v) is 19.4. The van der Waals surface area contributed by atoms with Gasteiger partial charge in [0.25, 0.3) is 11.5 Å². The predicted octanol–water partition coefficient (Wildman–Crippen LogP) is 2.88. The van der Waals surface area contributed by atoms with E-state index in [0.717, 1.165) is 0 Å². The molecule has 2 aliphatic heterocycles. The van der Waals surface area contributed by atoms with Crippen LogP contribution in [0.1, 0.15) is 78.4 Å². The van der Waals surface area contributed by atoms with Crippen LogP contribution in [0.3, 0.4) is 0 Å². The lowest BCUT2D eigenvalue weighted by Crippen LogP contribution is -2.65. The van der Waals surface area contributed by atoms with Gasteiger partial charge < -0.3 is 23.4 Å². The molecule has 0 spiro atoms. The van der Waals surface area contributed by atoms with E-state index < -0.39 is 46.6 Å². The lowest BCUT2D eigenvalue weighted by atomic mass is 10.2. The van der Waals surface area contributed by atoms with E-state index in [0.29, 0.717) is 6.42 Å². The van der Waals surface area contributed by atoms with Gasteiger partial charge in [-0.1, -0.05) is 55.4 Å². The van der Waals surface area contributed by atoms with Crippen molar-refractivity contribution in [2.75, 3.05) is 6.61 Å². The van der Waals surface area contributed by atoms with E-state index in [-0.39, 0.29) is 40.4 Å². The Morgan fingerprint density at radius 3 is 2.06 bits per heavy atom. The first-order chi connectivity index (χ1) is 15.7. The summed E-state index contributed by atoms with van der Waals surface area (Å²) in [6, 6.07) is 0. The minimum Gasteiger partial charge on any atom is -0.414 e. The Hall–Kier alpha value is -1.58. The summed E-state index contributed by atoms with van der Waals surface area (Å²) in [7, 11) is -5.52. The van der Waals surface area contributed by atoms with Gasteiger partial charge in [-0.05, 0) is 22.2 Å². The number of hydrogen-bond acceptors (Lipinski definition) is 7. The number of fused-ring (bicyclic) bond motifs is 1. The van der Waals surface area contributed by atoms with Crippen molar-refractivity contribution in [2.45, 2.75) is 102 Å². The van der Waals surface area contributed by atoms with E-state index in [2.05, 4.69) is 60.4 Å². The number of aromatic nitrogens is 2. The van der Waals surface area contributed by atoms with Crippen LogP contribution in [0.4, 0.5) is 0 Å². The number of carbonyl (C=O) groups excluding carboxylic acids is 1. The van der Waals surface area contributed by atoms with Crippen LogP contribution in [0, 0.1) is 0 Å². The van der Waals surface area contributed by atoms with E-state index in [1.165, 1.54) is 10.8 Å². The second-order valence-electron chi connectivity index (χ2n) is 10.6. The smallest absolute Gasteiger partial charge is 0.335 e. The molecular weight excluding hydrogens is 474 g/mol. The average molecular weight is 514 g/mol. The fourth-order valence-corrected chi connectivity index (χ4v) is 16.4. The van der Waals surface area contributed by atoms with E-state index in [1.54, 1.807) is 0 Å². The highest BCUT2D eigenvalue weighted by molar-refractivity contribution is 6.83. The molecule has 34 heavy (non-hydrogen) atoms. The van der Waals surface area contributed by atoms with Crippen molar-refractivity contribution >= 4 is 23.0 Å². The molecule has 0 saturated carbocycles. The Kier molecular flexibility index (Phi) is 7.80. The number of aromatic amines is 1. The highest BCUT2D eigenvalue weighted by Crippen LogP contribution is 2.48. The number of nitrogens with one attached hydrogen (secondary N) is 1. The van der Waals surface area contributed by atoms with Gasteiger partial charge in [-0.25, -0.2) is 4.79 Å². The number of amides is 1. The molecule has 0 radical (unpaired) electrons. The molecule has 0 bridgehead atoms. The van der Waals surface area contributed by atoms with E-state index in [4.69, 9.17) is 23.4 Å². The third kappa shape index (κ3) is 4.63. The molecule has 3 unspecified atom stereocenters. The summed E-state index contributed by atoms with van der Waals surface area (Å²) in [5.74, 6) is -0.914. The van der Waals surface area contributed by atoms with Crippen LogP contribution in [0.25, 0.3) is 0 Å². The first-order valence-corrected chi connectivity index (χ1v) is 16.0. The molecule has 1 aromatic heterocycles. The SMILES string of the molecule is CC(C)[Si]1(C(C)C)OCC2OC(n3cc(C(N)=O)c(=O)[nH]c3=O)CC2O[Si](C(C)C)(C(C)C)O1. The Balaban J connectivity index is 2.05. The molecule has 3 atom stereocenters. The number of rotatable bonds is 6. The van der Waals surface area contributed by atoms with Crippen molar-refractivity contribution in [3.8, 4) is 0 Å². The average Bonchev–Trinajstić information content (AvgIpc) is 3.08. The fraction of sp³-hybridized carbons (Fsp3) is 0.773. The van der Waals surface area contributed by atoms with Crippen molar-refractivity contribution < 1.29 is 22.5 Å². The molecule has 3 N–H and O–H groups in total. The molecule has 12 heteroatoms. The summed E-state index contributed by atoms with van der Waals surface area (Å²) in [5.41, 5.74) is 4.26. The summed E-state index contributed by atoms with van der Waals surface area (Å²) >= 11 is 0. The Bertz CT molecular complexity index is 1000. The zero-order valence-corrected chi connectivity index (χ0v) is 23.4. The van der Waals surface area contributed by atoms with Crippen LogP contribution in [0.2, 0.25) is 22.2 Å². The van der Waals surface area contributed by atoms with Crippen molar-refractivity contribution in [3.05, 3.63) is 32.6 Å². The summed E-state index contributed by atoms with van der Waals surface area (Å²) in [5, 5.41) is 0. The van der Waals surface area contributed by atoms with Crippen LogP contribution in [0.5, 0.6) is 0 Å². The monoisotopic (exact) mass is 513 g/mol. The topological polar surface area (TPSA) is 135 Å².